The van der Waals surface area contributed by atoms with Crippen LogP contribution in [0.3, 0.4) is 0 Å². The fraction of sp³-hybridized carbons (Fsp3) is 0.500. The number of nitrogens with one attached hydrogen (secondary N) is 1. The second-order valence-electron chi connectivity index (χ2n) is 4.82. The van der Waals surface area contributed by atoms with Gasteiger partial charge in [0.25, 0.3) is 0 Å². The third-order valence-electron chi connectivity index (χ3n) is 2.97. The zero-order valence-corrected chi connectivity index (χ0v) is 11.6. The summed E-state index contributed by atoms with van der Waals surface area (Å²) in [5.41, 5.74) is 4.96. The number of primary amides is 1. The molecule has 0 aliphatic heterocycles. The Morgan fingerprint density at radius 1 is 1.53 bits per heavy atom. The molecule has 0 bridgehead atoms. The molecule has 1 aromatic carbocycles. The Hall–Kier alpha value is -1.62. The van der Waals surface area contributed by atoms with E-state index in [1.54, 1.807) is 19.9 Å². The maximum Gasteiger partial charge on any atom is 0.240 e. The highest BCUT2D eigenvalue weighted by molar-refractivity contribution is 5.84. The smallest absolute Gasteiger partial charge is 0.240 e. The standard InChI is InChI=1S/C14H21FN2O2/c1-4-7-17-14(3,13(16)18)9-19-11-5-6-12(15)10(2)8-11/h5-6,8,17H,4,7,9H2,1-3H3,(H2,16,18). The van der Waals surface area contributed by atoms with Crippen LogP contribution in [0.2, 0.25) is 0 Å². The van der Waals surface area contributed by atoms with Gasteiger partial charge in [0.1, 0.15) is 23.7 Å². The van der Waals surface area contributed by atoms with E-state index in [9.17, 15) is 9.18 Å². The normalized spacial score (nSPS) is 13.9. The van der Waals surface area contributed by atoms with Gasteiger partial charge in [-0.2, -0.15) is 0 Å². The lowest BCUT2D eigenvalue weighted by atomic mass is 10.0. The average Bonchev–Trinajstić information content (AvgIpc) is 2.37. The van der Waals surface area contributed by atoms with Gasteiger partial charge in [-0.1, -0.05) is 6.92 Å². The molecule has 0 fully saturated rings. The highest BCUT2D eigenvalue weighted by Gasteiger charge is 2.31. The number of nitrogens with two attached hydrogens (primary N) is 1. The third kappa shape index (κ3) is 4.21. The molecule has 1 unspecified atom stereocenters. The van der Waals surface area contributed by atoms with Crippen LogP contribution >= 0.6 is 0 Å². The number of carbonyl (C=O) groups is 1. The predicted octanol–water partition coefficient (Wildman–Crippen LogP) is 1.76. The fourth-order valence-electron chi connectivity index (χ4n) is 1.54. The number of halogens is 1. The maximum absolute atomic E-state index is 13.1. The summed E-state index contributed by atoms with van der Waals surface area (Å²) in [5.74, 6) is -0.237. The van der Waals surface area contributed by atoms with Gasteiger partial charge in [0.2, 0.25) is 5.91 Å². The second-order valence-corrected chi connectivity index (χ2v) is 4.82. The van der Waals surface area contributed by atoms with Crippen LogP contribution in [0.1, 0.15) is 25.8 Å². The van der Waals surface area contributed by atoms with Crippen LogP contribution in [0.15, 0.2) is 18.2 Å². The van der Waals surface area contributed by atoms with Crippen molar-refractivity contribution in [2.75, 3.05) is 13.2 Å². The van der Waals surface area contributed by atoms with E-state index in [-0.39, 0.29) is 12.4 Å². The van der Waals surface area contributed by atoms with Gasteiger partial charge in [-0.15, -0.1) is 0 Å². The van der Waals surface area contributed by atoms with Crippen LogP contribution < -0.4 is 15.8 Å². The molecule has 1 rings (SSSR count). The molecule has 106 valence electrons. The summed E-state index contributed by atoms with van der Waals surface area (Å²) >= 11 is 0. The molecule has 0 saturated heterocycles. The van der Waals surface area contributed by atoms with Crippen molar-refractivity contribution in [3.05, 3.63) is 29.6 Å². The first-order valence-corrected chi connectivity index (χ1v) is 6.33. The third-order valence-corrected chi connectivity index (χ3v) is 2.97. The minimum absolute atomic E-state index is 0.105. The van der Waals surface area contributed by atoms with E-state index in [1.165, 1.54) is 12.1 Å². The summed E-state index contributed by atoms with van der Waals surface area (Å²) in [4.78, 5) is 11.5. The highest BCUT2D eigenvalue weighted by Crippen LogP contribution is 2.17. The summed E-state index contributed by atoms with van der Waals surface area (Å²) in [6, 6.07) is 4.46. The van der Waals surface area contributed by atoms with Crippen molar-refractivity contribution in [3.63, 3.8) is 0 Å². The van der Waals surface area contributed by atoms with Gasteiger partial charge in [-0.05, 0) is 50.6 Å². The molecule has 3 N–H and O–H groups in total. The molecule has 0 aromatic heterocycles. The van der Waals surface area contributed by atoms with E-state index >= 15 is 0 Å². The van der Waals surface area contributed by atoms with Gasteiger partial charge in [0.05, 0.1) is 0 Å². The summed E-state index contributed by atoms with van der Waals surface area (Å²) in [5, 5.41) is 3.07. The Balaban J connectivity index is 2.70. The van der Waals surface area contributed by atoms with Crippen LogP contribution in [0.5, 0.6) is 5.75 Å². The van der Waals surface area contributed by atoms with E-state index in [0.29, 0.717) is 17.9 Å². The van der Waals surface area contributed by atoms with E-state index < -0.39 is 11.4 Å². The van der Waals surface area contributed by atoms with Crippen LogP contribution in [0.4, 0.5) is 4.39 Å². The summed E-state index contributed by atoms with van der Waals surface area (Å²) in [7, 11) is 0. The van der Waals surface area contributed by atoms with Crippen LogP contribution in [0.25, 0.3) is 0 Å². The molecule has 5 heteroatoms. The molecule has 0 spiro atoms. The van der Waals surface area contributed by atoms with Crippen molar-refractivity contribution in [1.29, 1.82) is 0 Å². The Kier molecular flexibility index (Phi) is 5.30. The zero-order valence-electron chi connectivity index (χ0n) is 11.6. The van der Waals surface area contributed by atoms with E-state index in [0.717, 1.165) is 6.42 Å². The van der Waals surface area contributed by atoms with E-state index in [1.807, 2.05) is 6.92 Å². The molecule has 4 nitrogen and oxygen atoms in total. The first kappa shape index (κ1) is 15.4. The monoisotopic (exact) mass is 268 g/mol. The minimum atomic E-state index is -0.932. The molecular formula is C14H21FN2O2. The quantitative estimate of drug-likeness (QED) is 0.792. The van der Waals surface area contributed by atoms with Crippen molar-refractivity contribution in [1.82, 2.24) is 5.32 Å². The molecule has 0 radical (unpaired) electrons. The van der Waals surface area contributed by atoms with Gasteiger partial charge in [-0.3, -0.25) is 4.79 Å². The van der Waals surface area contributed by atoms with E-state index in [4.69, 9.17) is 10.5 Å². The molecule has 0 aliphatic carbocycles. The molecule has 0 heterocycles. The summed E-state index contributed by atoms with van der Waals surface area (Å²) in [6.07, 6.45) is 0.887. The molecular weight excluding hydrogens is 247 g/mol. The van der Waals surface area contributed by atoms with Crippen molar-refractivity contribution in [2.24, 2.45) is 5.73 Å². The Labute approximate surface area is 113 Å². The first-order chi connectivity index (χ1) is 8.89. The number of hydrogen-bond acceptors (Lipinski definition) is 3. The zero-order chi connectivity index (χ0) is 14.5. The number of ether oxygens (including phenoxy) is 1. The topological polar surface area (TPSA) is 64.3 Å². The van der Waals surface area contributed by atoms with Gasteiger partial charge in [-0.25, -0.2) is 4.39 Å². The fourth-order valence-corrected chi connectivity index (χ4v) is 1.54. The minimum Gasteiger partial charge on any atom is -0.491 e. The molecule has 1 aromatic rings. The number of benzene rings is 1. The molecule has 1 amide bonds. The van der Waals surface area contributed by atoms with Crippen LogP contribution in [-0.4, -0.2) is 24.6 Å². The van der Waals surface area contributed by atoms with Gasteiger partial charge in [0, 0.05) is 0 Å². The van der Waals surface area contributed by atoms with Crippen molar-refractivity contribution in [2.45, 2.75) is 32.7 Å². The maximum atomic E-state index is 13.1. The van der Waals surface area contributed by atoms with Gasteiger partial charge in [0.15, 0.2) is 0 Å². The number of amides is 1. The first-order valence-electron chi connectivity index (χ1n) is 6.33. The number of carbonyl (C=O) groups excluding carboxylic acids is 1. The SMILES string of the molecule is CCCNC(C)(COc1ccc(F)c(C)c1)C(N)=O. The molecule has 0 saturated carbocycles. The van der Waals surface area contributed by atoms with Gasteiger partial charge < -0.3 is 15.8 Å². The van der Waals surface area contributed by atoms with Crippen molar-refractivity contribution >= 4 is 5.91 Å². The lowest BCUT2D eigenvalue weighted by Gasteiger charge is -2.27. The van der Waals surface area contributed by atoms with Gasteiger partial charge >= 0.3 is 0 Å². The van der Waals surface area contributed by atoms with Crippen molar-refractivity contribution < 1.29 is 13.9 Å². The number of aryl methyl sites for hydroxylation is 1. The highest BCUT2D eigenvalue weighted by atomic mass is 19.1. The van der Waals surface area contributed by atoms with Crippen LogP contribution in [0, 0.1) is 12.7 Å². The molecule has 19 heavy (non-hydrogen) atoms. The van der Waals surface area contributed by atoms with E-state index in [2.05, 4.69) is 5.32 Å². The lowest BCUT2D eigenvalue weighted by molar-refractivity contribution is -0.125. The summed E-state index contributed by atoms with van der Waals surface area (Å²) in [6.45, 7) is 6.13. The molecule has 0 aliphatic rings. The Morgan fingerprint density at radius 3 is 2.74 bits per heavy atom. The number of rotatable bonds is 7. The Morgan fingerprint density at radius 2 is 2.21 bits per heavy atom. The summed E-state index contributed by atoms with van der Waals surface area (Å²) < 4.78 is 18.7. The predicted molar refractivity (Wildman–Crippen MR) is 72.5 cm³/mol. The Bertz CT molecular complexity index is 451. The van der Waals surface area contributed by atoms with Crippen molar-refractivity contribution in [3.8, 4) is 5.75 Å². The second kappa shape index (κ2) is 6.52. The number of hydrogen-bond donors (Lipinski definition) is 2. The average molecular weight is 268 g/mol. The largest absolute Gasteiger partial charge is 0.491 e. The molecule has 1 atom stereocenters. The van der Waals surface area contributed by atoms with Crippen LogP contribution in [-0.2, 0) is 4.79 Å². The lowest BCUT2D eigenvalue weighted by Crippen LogP contribution is -2.57.